The zero-order valence-corrected chi connectivity index (χ0v) is 11.8. The van der Waals surface area contributed by atoms with Gasteiger partial charge in [-0.3, -0.25) is 14.9 Å². The molecule has 102 valence electrons. The van der Waals surface area contributed by atoms with E-state index in [0.717, 1.165) is 19.4 Å². The Morgan fingerprint density at radius 2 is 2.32 bits per heavy atom. The molecule has 2 N–H and O–H groups in total. The van der Waals surface area contributed by atoms with Gasteiger partial charge < -0.3 is 10.6 Å². The van der Waals surface area contributed by atoms with Gasteiger partial charge in [0.1, 0.15) is 0 Å². The number of hydrogen-bond acceptors (Lipinski definition) is 4. The molecule has 1 aromatic rings. The standard InChI is InChI=1S/C12H14BrN3O3/c13-10-4-3-9(16(18)19)6-11(10)15-12(17)8-2-1-5-14-7-8/h3-4,6,8,14H,1-2,5,7H2,(H,15,17)/t8-/m1/s1. The molecule has 1 aliphatic heterocycles. The van der Waals surface area contributed by atoms with Crippen molar-refractivity contribution in [2.75, 3.05) is 18.4 Å². The van der Waals surface area contributed by atoms with Crippen LogP contribution in [0.2, 0.25) is 0 Å². The van der Waals surface area contributed by atoms with Crippen LogP contribution in [-0.4, -0.2) is 23.9 Å². The highest BCUT2D eigenvalue weighted by molar-refractivity contribution is 9.10. The molecule has 0 aromatic heterocycles. The fourth-order valence-corrected chi connectivity index (χ4v) is 2.38. The Kier molecular flexibility index (Phi) is 4.49. The Balaban J connectivity index is 2.11. The van der Waals surface area contributed by atoms with Gasteiger partial charge in [0.05, 0.1) is 16.5 Å². The van der Waals surface area contributed by atoms with Gasteiger partial charge >= 0.3 is 0 Å². The highest BCUT2D eigenvalue weighted by Gasteiger charge is 2.22. The summed E-state index contributed by atoms with van der Waals surface area (Å²) in [6.45, 7) is 1.59. The van der Waals surface area contributed by atoms with Crippen LogP contribution in [-0.2, 0) is 4.79 Å². The number of non-ortho nitro benzene ring substituents is 1. The van der Waals surface area contributed by atoms with Crippen LogP contribution in [0.3, 0.4) is 0 Å². The van der Waals surface area contributed by atoms with E-state index in [1.165, 1.54) is 12.1 Å². The van der Waals surface area contributed by atoms with Crippen LogP contribution in [0.25, 0.3) is 0 Å². The third-order valence-corrected chi connectivity index (χ3v) is 3.78. The van der Waals surface area contributed by atoms with Gasteiger partial charge in [0.25, 0.3) is 5.69 Å². The number of rotatable bonds is 3. The molecule has 7 heteroatoms. The van der Waals surface area contributed by atoms with Gasteiger partial charge in [-0.25, -0.2) is 0 Å². The first kappa shape index (κ1) is 14.0. The molecule has 1 fully saturated rings. The van der Waals surface area contributed by atoms with Gasteiger partial charge in [-0.05, 0) is 41.4 Å². The molecule has 6 nitrogen and oxygen atoms in total. The van der Waals surface area contributed by atoms with Crippen molar-refractivity contribution >= 4 is 33.2 Å². The minimum absolute atomic E-state index is 0.0414. The van der Waals surface area contributed by atoms with Crippen LogP contribution >= 0.6 is 15.9 Å². The Labute approximate surface area is 118 Å². The highest BCUT2D eigenvalue weighted by atomic mass is 79.9. The van der Waals surface area contributed by atoms with Crippen molar-refractivity contribution in [3.8, 4) is 0 Å². The largest absolute Gasteiger partial charge is 0.325 e. The number of halogens is 1. The number of nitro benzene ring substituents is 1. The summed E-state index contributed by atoms with van der Waals surface area (Å²) in [5.41, 5.74) is 0.394. The van der Waals surface area contributed by atoms with Crippen molar-refractivity contribution in [1.82, 2.24) is 5.32 Å². The highest BCUT2D eigenvalue weighted by Crippen LogP contribution is 2.27. The minimum Gasteiger partial charge on any atom is -0.325 e. The Hall–Kier alpha value is -1.47. The molecule has 19 heavy (non-hydrogen) atoms. The van der Waals surface area contributed by atoms with Gasteiger partial charge in [-0.15, -0.1) is 0 Å². The van der Waals surface area contributed by atoms with Crippen LogP contribution in [0.15, 0.2) is 22.7 Å². The van der Waals surface area contributed by atoms with Crippen molar-refractivity contribution in [2.45, 2.75) is 12.8 Å². The Morgan fingerprint density at radius 1 is 1.53 bits per heavy atom. The molecule has 0 unspecified atom stereocenters. The summed E-state index contributed by atoms with van der Waals surface area (Å²) >= 11 is 3.28. The molecule has 0 aliphatic carbocycles. The third-order valence-electron chi connectivity index (χ3n) is 3.09. The van der Waals surface area contributed by atoms with E-state index in [1.54, 1.807) is 6.07 Å². The van der Waals surface area contributed by atoms with E-state index in [2.05, 4.69) is 26.6 Å². The van der Waals surface area contributed by atoms with Gasteiger partial charge in [0.15, 0.2) is 0 Å². The number of carbonyl (C=O) groups excluding carboxylic acids is 1. The van der Waals surface area contributed by atoms with E-state index < -0.39 is 4.92 Å². The average molecular weight is 328 g/mol. The van der Waals surface area contributed by atoms with Crippen LogP contribution < -0.4 is 10.6 Å². The molecule has 1 atom stereocenters. The topological polar surface area (TPSA) is 84.3 Å². The van der Waals surface area contributed by atoms with E-state index in [-0.39, 0.29) is 17.5 Å². The fourth-order valence-electron chi connectivity index (χ4n) is 2.03. The second-order valence-electron chi connectivity index (χ2n) is 4.45. The predicted molar refractivity (Wildman–Crippen MR) is 75.0 cm³/mol. The molecule has 1 saturated heterocycles. The maximum absolute atomic E-state index is 12.1. The predicted octanol–water partition coefficient (Wildman–Crippen LogP) is 2.30. The van der Waals surface area contributed by atoms with E-state index in [4.69, 9.17) is 0 Å². The summed E-state index contributed by atoms with van der Waals surface area (Å²) in [7, 11) is 0. The lowest BCUT2D eigenvalue weighted by molar-refractivity contribution is -0.384. The maximum Gasteiger partial charge on any atom is 0.271 e. The molecule has 0 saturated carbocycles. The molecular weight excluding hydrogens is 314 g/mol. The van der Waals surface area contributed by atoms with Crippen molar-refractivity contribution < 1.29 is 9.72 Å². The molecule has 0 radical (unpaired) electrons. The van der Waals surface area contributed by atoms with E-state index >= 15 is 0 Å². The zero-order chi connectivity index (χ0) is 13.8. The number of amides is 1. The number of carbonyl (C=O) groups is 1. The normalized spacial score (nSPS) is 18.9. The number of hydrogen-bond donors (Lipinski definition) is 2. The maximum atomic E-state index is 12.1. The lowest BCUT2D eigenvalue weighted by Crippen LogP contribution is -2.37. The summed E-state index contributed by atoms with van der Waals surface area (Å²) in [6, 6.07) is 4.31. The lowest BCUT2D eigenvalue weighted by Gasteiger charge is -2.22. The summed E-state index contributed by atoms with van der Waals surface area (Å²) in [5.74, 6) is -0.187. The smallest absolute Gasteiger partial charge is 0.271 e. The quantitative estimate of drug-likeness (QED) is 0.659. The fraction of sp³-hybridized carbons (Fsp3) is 0.417. The number of piperidine rings is 1. The van der Waals surface area contributed by atoms with Crippen LogP contribution in [0.4, 0.5) is 11.4 Å². The molecule has 1 heterocycles. The minimum atomic E-state index is -0.482. The van der Waals surface area contributed by atoms with Gasteiger partial charge in [0.2, 0.25) is 5.91 Å². The number of nitro groups is 1. The molecule has 0 bridgehead atoms. The monoisotopic (exact) mass is 327 g/mol. The third kappa shape index (κ3) is 3.51. The number of anilines is 1. The second-order valence-corrected chi connectivity index (χ2v) is 5.31. The van der Waals surface area contributed by atoms with Gasteiger partial charge in [-0.2, -0.15) is 0 Å². The lowest BCUT2D eigenvalue weighted by atomic mass is 9.99. The van der Waals surface area contributed by atoms with Crippen LogP contribution in [0.5, 0.6) is 0 Å². The van der Waals surface area contributed by atoms with Crippen molar-refractivity contribution in [3.63, 3.8) is 0 Å². The molecule has 1 aliphatic rings. The zero-order valence-electron chi connectivity index (χ0n) is 10.2. The van der Waals surface area contributed by atoms with Gasteiger partial charge in [0, 0.05) is 23.2 Å². The molecular formula is C12H14BrN3O3. The van der Waals surface area contributed by atoms with E-state index in [0.29, 0.717) is 16.7 Å². The second kappa shape index (κ2) is 6.12. The Morgan fingerprint density at radius 3 is 2.95 bits per heavy atom. The molecule has 2 rings (SSSR count). The average Bonchev–Trinajstić information content (AvgIpc) is 2.42. The Bertz CT molecular complexity index is 501. The molecule has 1 amide bonds. The summed E-state index contributed by atoms with van der Waals surface area (Å²) in [6.07, 6.45) is 1.81. The van der Waals surface area contributed by atoms with E-state index in [1.807, 2.05) is 0 Å². The SMILES string of the molecule is O=C(Nc1cc([N+](=O)[O-])ccc1Br)[C@@H]1CCCNC1. The first-order valence-corrected chi connectivity index (χ1v) is 6.83. The van der Waals surface area contributed by atoms with Crippen LogP contribution in [0.1, 0.15) is 12.8 Å². The molecule has 0 spiro atoms. The first-order chi connectivity index (χ1) is 9.08. The summed E-state index contributed by atoms with van der Waals surface area (Å²) in [5, 5.41) is 16.6. The summed E-state index contributed by atoms with van der Waals surface area (Å²) in [4.78, 5) is 22.3. The number of nitrogens with one attached hydrogen (secondary N) is 2. The number of nitrogens with zero attached hydrogens (tertiary/aromatic N) is 1. The number of benzene rings is 1. The van der Waals surface area contributed by atoms with Crippen molar-refractivity contribution in [3.05, 3.63) is 32.8 Å². The van der Waals surface area contributed by atoms with Gasteiger partial charge in [-0.1, -0.05) is 0 Å². The van der Waals surface area contributed by atoms with Crippen LogP contribution in [0, 0.1) is 16.0 Å². The first-order valence-electron chi connectivity index (χ1n) is 6.03. The molecule has 1 aromatic carbocycles. The van der Waals surface area contributed by atoms with Crippen molar-refractivity contribution in [2.24, 2.45) is 5.92 Å². The van der Waals surface area contributed by atoms with Crippen molar-refractivity contribution in [1.29, 1.82) is 0 Å². The summed E-state index contributed by atoms with van der Waals surface area (Å²) < 4.78 is 0.634. The van der Waals surface area contributed by atoms with E-state index in [9.17, 15) is 14.9 Å².